The summed E-state index contributed by atoms with van der Waals surface area (Å²) in [5.74, 6) is -0.250. The predicted molar refractivity (Wildman–Crippen MR) is 92.1 cm³/mol. The molecule has 0 fully saturated rings. The summed E-state index contributed by atoms with van der Waals surface area (Å²) in [7, 11) is 0. The van der Waals surface area contributed by atoms with Gasteiger partial charge in [0.2, 0.25) is 5.91 Å². The number of carbonyl (C=O) groups excluding carboxylic acids is 1. The van der Waals surface area contributed by atoms with E-state index in [1.165, 1.54) is 16.0 Å². The van der Waals surface area contributed by atoms with Gasteiger partial charge in [0, 0.05) is 18.4 Å². The Morgan fingerprint density at radius 3 is 2.67 bits per heavy atom. The average molecular weight is 343 g/mol. The molecule has 0 aliphatic carbocycles. The molecule has 3 aromatic rings. The van der Waals surface area contributed by atoms with Crippen LogP contribution in [0.25, 0.3) is 10.8 Å². The molecule has 0 unspecified atom stereocenters. The first-order chi connectivity index (χ1) is 11.5. The van der Waals surface area contributed by atoms with Crippen LogP contribution in [0.4, 0.5) is 0 Å². The third-order valence-corrected chi connectivity index (χ3v) is 4.47. The van der Waals surface area contributed by atoms with Crippen LogP contribution < -0.4 is 10.9 Å². The molecule has 0 aliphatic heterocycles. The first kappa shape index (κ1) is 16.3. The van der Waals surface area contributed by atoms with E-state index in [0.29, 0.717) is 18.4 Å². The Morgan fingerprint density at radius 2 is 1.96 bits per heavy atom. The van der Waals surface area contributed by atoms with E-state index in [9.17, 15) is 9.59 Å². The largest absolute Gasteiger partial charge is 0.354 e. The van der Waals surface area contributed by atoms with Crippen LogP contribution in [0.2, 0.25) is 0 Å². The molecule has 0 aliphatic rings. The highest BCUT2D eigenvalue weighted by Gasteiger charge is 2.10. The first-order valence-electron chi connectivity index (χ1n) is 7.57. The van der Waals surface area contributed by atoms with Gasteiger partial charge in [0.1, 0.15) is 16.6 Å². The van der Waals surface area contributed by atoms with Crippen LogP contribution in [0, 0.1) is 13.8 Å². The van der Waals surface area contributed by atoms with Crippen LogP contribution in [0.5, 0.6) is 0 Å². The molecule has 0 saturated carbocycles. The third-order valence-electron chi connectivity index (χ3n) is 3.57. The lowest BCUT2D eigenvalue weighted by atomic mass is 10.1. The molecule has 2 aromatic heterocycles. The summed E-state index contributed by atoms with van der Waals surface area (Å²) in [5, 5.41) is 18.1. The predicted octanol–water partition coefficient (Wildman–Crippen LogP) is 1.22. The Bertz CT molecular complexity index is 947. The molecule has 8 heteroatoms. The zero-order valence-electron chi connectivity index (χ0n) is 13.4. The summed E-state index contributed by atoms with van der Waals surface area (Å²) >= 11 is 1.51. The number of hydrogen-bond acceptors (Lipinski definition) is 6. The van der Waals surface area contributed by atoms with Crippen molar-refractivity contribution < 1.29 is 4.79 Å². The summed E-state index contributed by atoms with van der Waals surface area (Å²) in [6, 6.07) is 7.27. The van der Waals surface area contributed by atoms with Crippen LogP contribution in [0.3, 0.4) is 0 Å². The van der Waals surface area contributed by atoms with E-state index in [1.807, 2.05) is 26.0 Å². The number of fused-ring (bicyclic) bond motifs is 1. The Balaban J connectivity index is 1.67. The maximum atomic E-state index is 12.4. The molecular weight excluding hydrogens is 326 g/mol. The van der Waals surface area contributed by atoms with Gasteiger partial charge in [0.25, 0.3) is 5.56 Å². The minimum atomic E-state index is -0.258. The zero-order valence-corrected chi connectivity index (χ0v) is 14.3. The van der Waals surface area contributed by atoms with E-state index in [4.69, 9.17) is 0 Å². The molecule has 1 amide bonds. The number of hydrogen-bond donors (Lipinski definition) is 1. The molecule has 2 heterocycles. The van der Waals surface area contributed by atoms with Crippen molar-refractivity contribution in [3.05, 3.63) is 50.3 Å². The average Bonchev–Trinajstić information content (AvgIpc) is 2.98. The summed E-state index contributed by atoms with van der Waals surface area (Å²) < 4.78 is 1.21. The van der Waals surface area contributed by atoms with Crippen molar-refractivity contribution in [3.8, 4) is 0 Å². The second kappa shape index (κ2) is 6.88. The second-order valence-electron chi connectivity index (χ2n) is 5.41. The highest BCUT2D eigenvalue weighted by molar-refractivity contribution is 7.11. The van der Waals surface area contributed by atoms with Gasteiger partial charge in [0.05, 0.1) is 11.1 Å². The molecule has 0 spiro atoms. The van der Waals surface area contributed by atoms with Gasteiger partial charge in [-0.2, -0.15) is 5.10 Å². The summed E-state index contributed by atoms with van der Waals surface area (Å²) in [4.78, 5) is 24.5. The van der Waals surface area contributed by atoms with Crippen molar-refractivity contribution in [2.45, 2.75) is 26.8 Å². The third kappa shape index (κ3) is 3.48. The van der Waals surface area contributed by atoms with E-state index in [0.717, 1.165) is 21.1 Å². The lowest BCUT2D eigenvalue weighted by molar-refractivity contribution is -0.121. The number of nitrogens with zero attached hydrogens (tertiary/aromatic N) is 4. The van der Waals surface area contributed by atoms with Crippen LogP contribution in [0.1, 0.15) is 15.7 Å². The van der Waals surface area contributed by atoms with Crippen LogP contribution in [-0.4, -0.2) is 32.4 Å². The normalized spacial score (nSPS) is 10.9. The van der Waals surface area contributed by atoms with Gasteiger partial charge in [-0.3, -0.25) is 9.59 Å². The van der Waals surface area contributed by atoms with Gasteiger partial charge in [-0.25, -0.2) is 4.68 Å². The lowest BCUT2D eigenvalue weighted by Gasteiger charge is -2.09. The zero-order chi connectivity index (χ0) is 17.1. The Labute approximate surface area is 142 Å². The van der Waals surface area contributed by atoms with Gasteiger partial charge in [-0.1, -0.05) is 18.2 Å². The molecule has 7 nitrogen and oxygen atoms in total. The van der Waals surface area contributed by atoms with E-state index in [1.54, 1.807) is 12.1 Å². The van der Waals surface area contributed by atoms with Crippen molar-refractivity contribution >= 4 is 28.0 Å². The number of benzene rings is 1. The van der Waals surface area contributed by atoms with Crippen LogP contribution >= 0.6 is 11.3 Å². The highest BCUT2D eigenvalue weighted by atomic mass is 32.1. The minimum absolute atomic E-state index is 0.0976. The second-order valence-corrected chi connectivity index (χ2v) is 6.67. The molecular formula is C16H17N5O2S. The van der Waals surface area contributed by atoms with Crippen molar-refractivity contribution in [1.29, 1.82) is 0 Å². The van der Waals surface area contributed by atoms with Gasteiger partial charge in [-0.05, 0) is 19.9 Å². The van der Waals surface area contributed by atoms with E-state index >= 15 is 0 Å². The Hall–Kier alpha value is -2.61. The molecule has 1 aromatic carbocycles. The Morgan fingerprint density at radius 1 is 1.21 bits per heavy atom. The van der Waals surface area contributed by atoms with Gasteiger partial charge >= 0.3 is 0 Å². The van der Waals surface area contributed by atoms with E-state index in [2.05, 4.69) is 20.6 Å². The fourth-order valence-electron chi connectivity index (χ4n) is 2.45. The molecule has 0 atom stereocenters. The summed E-state index contributed by atoms with van der Waals surface area (Å²) in [5.41, 5.74) is 0.466. The van der Waals surface area contributed by atoms with Crippen molar-refractivity contribution in [2.75, 3.05) is 6.54 Å². The molecule has 3 rings (SSSR count). The highest BCUT2D eigenvalue weighted by Crippen LogP contribution is 2.11. The van der Waals surface area contributed by atoms with Crippen LogP contribution in [-0.2, 0) is 17.8 Å². The quantitative estimate of drug-likeness (QED) is 0.752. The number of aryl methyl sites for hydroxylation is 2. The molecule has 0 saturated heterocycles. The smallest absolute Gasteiger partial charge is 0.275 e. The maximum Gasteiger partial charge on any atom is 0.275 e. The van der Waals surface area contributed by atoms with Crippen molar-refractivity contribution in [2.24, 2.45) is 0 Å². The SMILES string of the molecule is Cc1nnc(CCNC(=O)Cn2nc(C)c3ccccc3c2=O)s1. The first-order valence-corrected chi connectivity index (χ1v) is 8.38. The number of amides is 1. The van der Waals surface area contributed by atoms with E-state index < -0.39 is 0 Å². The fourth-order valence-corrected chi connectivity index (χ4v) is 3.16. The number of carbonyl (C=O) groups is 1. The van der Waals surface area contributed by atoms with Gasteiger partial charge < -0.3 is 5.32 Å². The van der Waals surface area contributed by atoms with E-state index in [-0.39, 0.29) is 18.0 Å². The number of aromatic nitrogens is 4. The monoisotopic (exact) mass is 343 g/mol. The van der Waals surface area contributed by atoms with Gasteiger partial charge in [0.15, 0.2) is 0 Å². The maximum absolute atomic E-state index is 12.4. The fraction of sp³-hybridized carbons (Fsp3) is 0.312. The van der Waals surface area contributed by atoms with Crippen molar-refractivity contribution in [3.63, 3.8) is 0 Å². The standard InChI is InChI=1S/C16H17N5O2S/c1-10-12-5-3-4-6-13(12)16(23)21(20-10)9-14(22)17-8-7-15-19-18-11(2)24-15/h3-6H,7-9H2,1-2H3,(H,17,22). The molecule has 0 bridgehead atoms. The number of nitrogens with one attached hydrogen (secondary N) is 1. The molecule has 24 heavy (non-hydrogen) atoms. The number of rotatable bonds is 5. The molecule has 1 N–H and O–H groups in total. The topological polar surface area (TPSA) is 89.8 Å². The van der Waals surface area contributed by atoms with Gasteiger partial charge in [-0.15, -0.1) is 21.5 Å². The molecule has 124 valence electrons. The van der Waals surface area contributed by atoms with Crippen molar-refractivity contribution in [1.82, 2.24) is 25.3 Å². The lowest BCUT2D eigenvalue weighted by Crippen LogP contribution is -2.35. The molecule has 0 radical (unpaired) electrons. The summed E-state index contributed by atoms with van der Waals surface area (Å²) in [6.45, 7) is 4.07. The van der Waals surface area contributed by atoms with Crippen LogP contribution in [0.15, 0.2) is 29.1 Å². The summed E-state index contributed by atoms with van der Waals surface area (Å²) in [6.07, 6.45) is 0.621. The Kier molecular flexibility index (Phi) is 4.66. The minimum Gasteiger partial charge on any atom is -0.354 e.